The number of piperazine rings is 1. The summed E-state index contributed by atoms with van der Waals surface area (Å²) in [5.74, 6) is -1.38. The van der Waals surface area contributed by atoms with Crippen LogP contribution in [-0.2, 0) is 22.7 Å². The third-order valence-corrected chi connectivity index (χ3v) is 4.51. The summed E-state index contributed by atoms with van der Waals surface area (Å²) in [6, 6.07) is 14.5. The molecule has 0 unspecified atom stereocenters. The van der Waals surface area contributed by atoms with Gasteiger partial charge < -0.3 is 14.7 Å². The second kappa shape index (κ2) is 8.64. The lowest BCUT2D eigenvalue weighted by Crippen LogP contribution is -2.57. The average molecular weight is 372 g/mol. The van der Waals surface area contributed by atoms with Gasteiger partial charge in [0, 0.05) is 19.6 Å². The molecule has 27 heavy (non-hydrogen) atoms. The Bertz CT molecular complexity index is 800. The van der Waals surface area contributed by atoms with E-state index in [0.29, 0.717) is 25.2 Å². The van der Waals surface area contributed by atoms with Crippen molar-refractivity contribution in [1.29, 1.82) is 0 Å². The van der Waals surface area contributed by atoms with E-state index < -0.39 is 18.1 Å². The molecule has 1 heterocycles. The molecule has 1 atom stereocenters. The summed E-state index contributed by atoms with van der Waals surface area (Å²) in [6.07, 6.45) is -0.532. The molecule has 7 heteroatoms. The van der Waals surface area contributed by atoms with Crippen LogP contribution in [0.4, 0.5) is 9.18 Å². The fraction of sp³-hybridized carbons (Fsp3) is 0.300. The Morgan fingerprint density at radius 3 is 2.52 bits per heavy atom. The van der Waals surface area contributed by atoms with Gasteiger partial charge in [-0.2, -0.15) is 0 Å². The topological polar surface area (TPSA) is 70.1 Å². The molecule has 1 aliphatic heterocycles. The number of aliphatic carboxylic acids is 1. The molecule has 142 valence electrons. The Kier molecular flexibility index (Phi) is 6.03. The number of nitrogens with zero attached hydrogens (tertiary/aromatic N) is 2. The van der Waals surface area contributed by atoms with Crippen molar-refractivity contribution in [3.63, 3.8) is 0 Å². The molecular formula is C20H21FN2O4. The summed E-state index contributed by atoms with van der Waals surface area (Å²) < 4.78 is 18.7. The fourth-order valence-electron chi connectivity index (χ4n) is 3.09. The zero-order valence-electron chi connectivity index (χ0n) is 14.8. The average Bonchev–Trinajstić information content (AvgIpc) is 2.67. The monoisotopic (exact) mass is 372 g/mol. The van der Waals surface area contributed by atoms with Gasteiger partial charge >= 0.3 is 12.1 Å². The number of carboxylic acid groups (broad SMARTS) is 1. The third-order valence-electron chi connectivity index (χ3n) is 4.51. The lowest BCUT2D eigenvalue weighted by atomic mass is 10.1. The minimum Gasteiger partial charge on any atom is -0.480 e. The van der Waals surface area contributed by atoms with Crippen LogP contribution in [0.25, 0.3) is 0 Å². The van der Waals surface area contributed by atoms with E-state index in [2.05, 4.69) is 0 Å². The zero-order chi connectivity index (χ0) is 19.2. The molecule has 3 rings (SSSR count). The summed E-state index contributed by atoms with van der Waals surface area (Å²) >= 11 is 0. The van der Waals surface area contributed by atoms with Gasteiger partial charge in [0.15, 0.2) is 0 Å². The fourth-order valence-corrected chi connectivity index (χ4v) is 3.09. The number of benzene rings is 2. The van der Waals surface area contributed by atoms with E-state index in [4.69, 9.17) is 4.74 Å². The molecular weight excluding hydrogens is 351 g/mol. The van der Waals surface area contributed by atoms with E-state index in [9.17, 15) is 19.1 Å². The highest BCUT2D eigenvalue weighted by molar-refractivity contribution is 5.76. The number of carbonyl (C=O) groups excluding carboxylic acids is 1. The van der Waals surface area contributed by atoms with Crippen LogP contribution in [0.5, 0.6) is 0 Å². The standard InChI is InChI=1S/C20H21FN2O4/c21-17-8-4-7-16(11-17)12-22-9-10-23(13-18(22)19(24)25)20(26)27-14-15-5-2-1-3-6-15/h1-8,11,18H,9-10,12-14H2,(H,24,25)/t18-/m1/s1. The van der Waals surface area contributed by atoms with Crippen LogP contribution in [0.1, 0.15) is 11.1 Å². The SMILES string of the molecule is O=C(O)[C@H]1CN(C(=O)OCc2ccccc2)CCN1Cc1cccc(F)c1. The maximum atomic E-state index is 13.4. The molecule has 2 aromatic carbocycles. The molecule has 0 radical (unpaired) electrons. The minimum atomic E-state index is -1.02. The van der Waals surface area contributed by atoms with Gasteiger partial charge in [-0.3, -0.25) is 9.69 Å². The summed E-state index contributed by atoms with van der Waals surface area (Å²) in [6.45, 7) is 1.20. The number of hydrogen-bond acceptors (Lipinski definition) is 4. The number of amides is 1. The number of rotatable bonds is 5. The van der Waals surface area contributed by atoms with Gasteiger partial charge in [-0.1, -0.05) is 42.5 Å². The highest BCUT2D eigenvalue weighted by Crippen LogP contribution is 2.16. The molecule has 0 aliphatic carbocycles. The molecule has 1 aliphatic rings. The van der Waals surface area contributed by atoms with Crippen molar-refractivity contribution in [2.75, 3.05) is 19.6 Å². The summed E-state index contributed by atoms with van der Waals surface area (Å²) in [5, 5.41) is 9.55. The van der Waals surface area contributed by atoms with Crippen LogP contribution < -0.4 is 0 Å². The van der Waals surface area contributed by atoms with Crippen molar-refractivity contribution in [2.45, 2.75) is 19.2 Å². The number of halogens is 1. The summed E-state index contributed by atoms with van der Waals surface area (Å²) in [5.41, 5.74) is 1.56. The molecule has 0 spiro atoms. The van der Waals surface area contributed by atoms with Gasteiger partial charge in [-0.25, -0.2) is 9.18 Å². The number of carboxylic acids is 1. The molecule has 6 nitrogen and oxygen atoms in total. The first-order chi connectivity index (χ1) is 13.0. The van der Waals surface area contributed by atoms with Gasteiger partial charge in [-0.05, 0) is 23.3 Å². The van der Waals surface area contributed by atoms with E-state index in [1.807, 2.05) is 30.3 Å². The number of ether oxygens (including phenoxy) is 1. The second-order valence-electron chi connectivity index (χ2n) is 6.44. The Morgan fingerprint density at radius 2 is 1.81 bits per heavy atom. The van der Waals surface area contributed by atoms with Crippen molar-refractivity contribution in [1.82, 2.24) is 9.80 Å². The van der Waals surface area contributed by atoms with E-state index in [0.717, 1.165) is 5.56 Å². The zero-order valence-corrected chi connectivity index (χ0v) is 14.8. The largest absolute Gasteiger partial charge is 0.480 e. The van der Waals surface area contributed by atoms with Gasteiger partial charge in [0.2, 0.25) is 0 Å². The Balaban J connectivity index is 1.59. The first-order valence-corrected chi connectivity index (χ1v) is 8.70. The Hall–Kier alpha value is -2.93. The van der Waals surface area contributed by atoms with Gasteiger partial charge in [0.05, 0.1) is 6.54 Å². The van der Waals surface area contributed by atoms with E-state index in [-0.39, 0.29) is 19.0 Å². The quantitative estimate of drug-likeness (QED) is 0.874. The first-order valence-electron chi connectivity index (χ1n) is 8.70. The smallest absolute Gasteiger partial charge is 0.410 e. The van der Waals surface area contributed by atoms with Crippen LogP contribution in [0.15, 0.2) is 54.6 Å². The second-order valence-corrected chi connectivity index (χ2v) is 6.44. The van der Waals surface area contributed by atoms with Crippen LogP contribution >= 0.6 is 0 Å². The molecule has 1 saturated heterocycles. The number of hydrogen-bond donors (Lipinski definition) is 1. The number of carbonyl (C=O) groups is 2. The molecule has 0 aromatic heterocycles. The first kappa shape index (κ1) is 18.8. The van der Waals surface area contributed by atoms with Gasteiger partial charge in [0.25, 0.3) is 0 Å². The highest BCUT2D eigenvalue weighted by Gasteiger charge is 2.34. The van der Waals surface area contributed by atoms with Gasteiger partial charge in [-0.15, -0.1) is 0 Å². The van der Waals surface area contributed by atoms with E-state index >= 15 is 0 Å². The molecule has 2 aromatic rings. The summed E-state index contributed by atoms with van der Waals surface area (Å²) in [4.78, 5) is 27.1. The van der Waals surface area contributed by atoms with Crippen molar-refractivity contribution in [2.24, 2.45) is 0 Å². The molecule has 1 fully saturated rings. The highest BCUT2D eigenvalue weighted by atomic mass is 19.1. The third kappa shape index (κ3) is 5.04. The van der Waals surface area contributed by atoms with Crippen LogP contribution in [0, 0.1) is 5.82 Å². The molecule has 0 bridgehead atoms. The predicted octanol–water partition coefficient (Wildman–Crippen LogP) is 2.73. The summed E-state index contributed by atoms with van der Waals surface area (Å²) in [7, 11) is 0. The van der Waals surface area contributed by atoms with Crippen LogP contribution in [-0.4, -0.2) is 52.6 Å². The van der Waals surface area contributed by atoms with Crippen molar-refractivity contribution in [3.05, 3.63) is 71.5 Å². The maximum absolute atomic E-state index is 13.4. The Labute approximate surface area is 156 Å². The predicted molar refractivity (Wildman–Crippen MR) is 96.4 cm³/mol. The van der Waals surface area contributed by atoms with Crippen molar-refractivity contribution in [3.8, 4) is 0 Å². The maximum Gasteiger partial charge on any atom is 0.410 e. The van der Waals surface area contributed by atoms with Crippen molar-refractivity contribution < 1.29 is 23.8 Å². The van der Waals surface area contributed by atoms with Crippen LogP contribution in [0.3, 0.4) is 0 Å². The van der Waals surface area contributed by atoms with E-state index in [1.54, 1.807) is 17.0 Å². The molecule has 1 amide bonds. The molecule has 1 N–H and O–H groups in total. The minimum absolute atomic E-state index is 0.0261. The van der Waals surface area contributed by atoms with Crippen LogP contribution in [0.2, 0.25) is 0 Å². The lowest BCUT2D eigenvalue weighted by molar-refractivity contribution is -0.145. The van der Waals surface area contributed by atoms with E-state index in [1.165, 1.54) is 17.0 Å². The van der Waals surface area contributed by atoms with Crippen molar-refractivity contribution >= 4 is 12.1 Å². The Morgan fingerprint density at radius 1 is 1.07 bits per heavy atom. The molecule has 0 saturated carbocycles. The van der Waals surface area contributed by atoms with Gasteiger partial charge in [0.1, 0.15) is 18.5 Å². The normalized spacial score (nSPS) is 17.5. The lowest BCUT2D eigenvalue weighted by Gasteiger charge is -2.38.